The van der Waals surface area contributed by atoms with Crippen molar-refractivity contribution >= 4 is 23.2 Å². The molecule has 0 fully saturated rings. The van der Waals surface area contributed by atoms with Gasteiger partial charge < -0.3 is 15.1 Å². The Labute approximate surface area is 164 Å². The third-order valence-corrected chi connectivity index (χ3v) is 4.06. The predicted octanol–water partition coefficient (Wildman–Crippen LogP) is 5.37. The van der Waals surface area contributed by atoms with Crippen LogP contribution in [-0.4, -0.2) is 11.8 Å². The molecule has 150 valence electrons. The van der Waals surface area contributed by atoms with Crippen molar-refractivity contribution < 1.29 is 27.2 Å². The quantitative estimate of drug-likeness (QED) is 0.603. The molecule has 3 rings (SSSR count). The molecule has 2 N–H and O–H groups in total. The zero-order valence-corrected chi connectivity index (χ0v) is 15.3. The summed E-state index contributed by atoms with van der Waals surface area (Å²) in [5, 5.41) is 5.05. The first-order chi connectivity index (χ1) is 13.8. The number of hydrogen-bond acceptors (Lipinski definition) is 3. The van der Waals surface area contributed by atoms with E-state index in [0.29, 0.717) is 17.9 Å². The molecule has 1 aromatic heterocycles. The van der Waals surface area contributed by atoms with Crippen LogP contribution in [0.2, 0.25) is 0 Å². The molecule has 8 heteroatoms. The minimum atomic E-state index is -4.51. The number of hydrogen-bond donors (Lipinski definition) is 2. The number of furan rings is 1. The van der Waals surface area contributed by atoms with Gasteiger partial charge in [0, 0.05) is 23.4 Å². The van der Waals surface area contributed by atoms with Crippen molar-refractivity contribution in [3.8, 4) is 0 Å². The van der Waals surface area contributed by atoms with Gasteiger partial charge in [0.1, 0.15) is 5.76 Å². The van der Waals surface area contributed by atoms with E-state index < -0.39 is 23.6 Å². The number of benzene rings is 2. The van der Waals surface area contributed by atoms with Crippen LogP contribution in [0.5, 0.6) is 0 Å². The SMILES string of the molecule is CCc1ccc(C(=O)Nc2cccc(C(=O)Nc3cccc(C(F)(F)F)c3)c2)o1. The first-order valence-electron chi connectivity index (χ1n) is 8.75. The maximum atomic E-state index is 12.8. The van der Waals surface area contributed by atoms with Gasteiger partial charge in [0.2, 0.25) is 0 Å². The molecule has 1 heterocycles. The Morgan fingerprint density at radius 1 is 0.897 bits per heavy atom. The fourth-order valence-electron chi connectivity index (χ4n) is 2.60. The molecular formula is C21H17F3N2O3. The lowest BCUT2D eigenvalue weighted by Gasteiger charge is -2.10. The fraction of sp³-hybridized carbons (Fsp3) is 0.143. The van der Waals surface area contributed by atoms with Crippen LogP contribution in [0.15, 0.2) is 65.1 Å². The summed E-state index contributed by atoms with van der Waals surface area (Å²) >= 11 is 0. The summed E-state index contributed by atoms with van der Waals surface area (Å²) in [7, 11) is 0. The van der Waals surface area contributed by atoms with Crippen molar-refractivity contribution in [2.24, 2.45) is 0 Å². The summed E-state index contributed by atoms with van der Waals surface area (Å²) in [6.07, 6.45) is -3.85. The molecule has 2 aromatic carbocycles. The topological polar surface area (TPSA) is 71.3 Å². The molecule has 29 heavy (non-hydrogen) atoms. The standard InChI is InChI=1S/C21H17F3N2O3/c1-2-17-9-10-18(29-17)20(28)26-15-7-3-5-13(11-15)19(27)25-16-8-4-6-14(12-16)21(22,23)24/h3-12H,2H2,1H3,(H,25,27)(H,26,28). The minimum absolute atomic E-state index is 0.0157. The first-order valence-corrected chi connectivity index (χ1v) is 8.75. The first kappa shape index (κ1) is 20.2. The molecule has 0 spiro atoms. The van der Waals surface area contributed by atoms with Crippen molar-refractivity contribution in [2.75, 3.05) is 10.6 Å². The third kappa shape index (κ3) is 5.04. The molecule has 0 atom stereocenters. The highest BCUT2D eigenvalue weighted by atomic mass is 19.4. The van der Waals surface area contributed by atoms with Crippen LogP contribution >= 0.6 is 0 Å². The normalized spacial score (nSPS) is 11.2. The van der Waals surface area contributed by atoms with E-state index in [1.54, 1.807) is 24.3 Å². The fourth-order valence-corrected chi connectivity index (χ4v) is 2.60. The highest BCUT2D eigenvalue weighted by Gasteiger charge is 2.30. The molecule has 0 saturated carbocycles. The van der Waals surface area contributed by atoms with Crippen LogP contribution in [0.25, 0.3) is 0 Å². The van der Waals surface area contributed by atoms with Crippen LogP contribution in [0.3, 0.4) is 0 Å². The van der Waals surface area contributed by atoms with Crippen molar-refractivity contribution in [3.05, 3.63) is 83.3 Å². The van der Waals surface area contributed by atoms with Crippen LogP contribution in [0.4, 0.5) is 24.5 Å². The number of alkyl halides is 3. The molecule has 0 saturated heterocycles. The van der Waals surface area contributed by atoms with E-state index in [1.807, 2.05) is 6.92 Å². The van der Waals surface area contributed by atoms with Gasteiger partial charge in [-0.1, -0.05) is 19.1 Å². The maximum absolute atomic E-state index is 12.8. The summed E-state index contributed by atoms with van der Waals surface area (Å²) < 4.78 is 43.8. The number of carbonyl (C=O) groups excluding carboxylic acids is 2. The van der Waals surface area contributed by atoms with Gasteiger partial charge >= 0.3 is 6.18 Å². The van der Waals surface area contributed by atoms with E-state index in [-0.39, 0.29) is 17.0 Å². The third-order valence-electron chi connectivity index (χ3n) is 4.06. The van der Waals surface area contributed by atoms with Crippen molar-refractivity contribution in [3.63, 3.8) is 0 Å². The van der Waals surface area contributed by atoms with Gasteiger partial charge in [0.15, 0.2) is 5.76 Å². The van der Waals surface area contributed by atoms with E-state index in [9.17, 15) is 22.8 Å². The van der Waals surface area contributed by atoms with E-state index in [2.05, 4.69) is 10.6 Å². The summed E-state index contributed by atoms with van der Waals surface area (Å²) in [5.74, 6) is -0.267. The van der Waals surface area contributed by atoms with Gasteiger partial charge in [-0.15, -0.1) is 0 Å². The average Bonchev–Trinajstić information content (AvgIpc) is 3.17. The van der Waals surface area contributed by atoms with Crippen molar-refractivity contribution in [1.82, 2.24) is 0 Å². The Morgan fingerprint density at radius 2 is 1.55 bits per heavy atom. The molecule has 5 nitrogen and oxygen atoms in total. The lowest BCUT2D eigenvalue weighted by atomic mass is 10.1. The molecule has 0 aliphatic carbocycles. The molecular weight excluding hydrogens is 385 g/mol. The average molecular weight is 402 g/mol. The number of anilines is 2. The second-order valence-corrected chi connectivity index (χ2v) is 6.19. The number of amides is 2. The van der Waals surface area contributed by atoms with Gasteiger partial charge in [-0.3, -0.25) is 9.59 Å². The summed E-state index contributed by atoms with van der Waals surface area (Å²) in [6.45, 7) is 1.90. The smallest absolute Gasteiger partial charge is 0.416 e. The van der Waals surface area contributed by atoms with Crippen LogP contribution in [0, 0.1) is 0 Å². The second-order valence-electron chi connectivity index (χ2n) is 6.19. The lowest BCUT2D eigenvalue weighted by molar-refractivity contribution is -0.137. The van der Waals surface area contributed by atoms with Gasteiger partial charge in [0.25, 0.3) is 11.8 Å². The van der Waals surface area contributed by atoms with Crippen LogP contribution in [0.1, 0.15) is 39.2 Å². The Bertz CT molecular complexity index is 1040. The Kier molecular flexibility index (Phi) is 5.72. The monoisotopic (exact) mass is 402 g/mol. The van der Waals surface area contributed by atoms with E-state index in [4.69, 9.17) is 4.42 Å². The van der Waals surface area contributed by atoms with E-state index >= 15 is 0 Å². The summed E-state index contributed by atoms with van der Waals surface area (Å²) in [5.41, 5.74) is -0.321. The van der Waals surface area contributed by atoms with Crippen molar-refractivity contribution in [1.29, 1.82) is 0 Å². The highest BCUT2D eigenvalue weighted by Crippen LogP contribution is 2.30. The second kappa shape index (κ2) is 8.22. The number of aryl methyl sites for hydroxylation is 1. The molecule has 0 radical (unpaired) electrons. The Balaban J connectivity index is 1.72. The number of halogens is 3. The molecule has 2 amide bonds. The zero-order chi connectivity index (χ0) is 21.0. The van der Waals surface area contributed by atoms with E-state index in [1.165, 1.54) is 24.3 Å². The Morgan fingerprint density at radius 3 is 2.21 bits per heavy atom. The maximum Gasteiger partial charge on any atom is 0.416 e. The largest absolute Gasteiger partial charge is 0.456 e. The van der Waals surface area contributed by atoms with Gasteiger partial charge in [0.05, 0.1) is 5.56 Å². The Hall–Kier alpha value is -3.55. The van der Waals surface area contributed by atoms with Gasteiger partial charge in [-0.05, 0) is 48.5 Å². The van der Waals surface area contributed by atoms with Crippen LogP contribution in [-0.2, 0) is 12.6 Å². The minimum Gasteiger partial charge on any atom is -0.456 e. The molecule has 0 aliphatic rings. The predicted molar refractivity (Wildman–Crippen MR) is 102 cm³/mol. The van der Waals surface area contributed by atoms with Crippen LogP contribution < -0.4 is 10.6 Å². The lowest BCUT2D eigenvalue weighted by Crippen LogP contribution is -2.15. The highest BCUT2D eigenvalue weighted by molar-refractivity contribution is 6.06. The molecule has 3 aromatic rings. The zero-order valence-electron chi connectivity index (χ0n) is 15.3. The molecule has 0 aliphatic heterocycles. The number of rotatable bonds is 5. The molecule has 0 bridgehead atoms. The molecule has 0 unspecified atom stereocenters. The van der Waals surface area contributed by atoms with Gasteiger partial charge in [-0.25, -0.2) is 0 Å². The van der Waals surface area contributed by atoms with E-state index in [0.717, 1.165) is 12.1 Å². The number of nitrogens with one attached hydrogen (secondary N) is 2. The summed E-state index contributed by atoms with van der Waals surface area (Å²) in [6, 6.07) is 13.6. The number of carbonyl (C=O) groups is 2. The van der Waals surface area contributed by atoms with Gasteiger partial charge in [-0.2, -0.15) is 13.2 Å². The van der Waals surface area contributed by atoms with Crippen molar-refractivity contribution in [2.45, 2.75) is 19.5 Å². The summed E-state index contributed by atoms with van der Waals surface area (Å²) in [4.78, 5) is 24.6.